The van der Waals surface area contributed by atoms with Gasteiger partial charge in [0.1, 0.15) is 0 Å². The zero-order chi connectivity index (χ0) is 15.1. The Kier molecular flexibility index (Phi) is 5.05. The van der Waals surface area contributed by atoms with Gasteiger partial charge in [0.2, 0.25) is 0 Å². The smallest absolute Gasteiger partial charge is 0.159 e. The zero-order valence-corrected chi connectivity index (χ0v) is 12.0. The van der Waals surface area contributed by atoms with Crippen molar-refractivity contribution in [3.05, 3.63) is 59.9 Å². The van der Waals surface area contributed by atoms with Crippen LogP contribution in [0.3, 0.4) is 0 Å². The van der Waals surface area contributed by atoms with Crippen LogP contribution in [0.5, 0.6) is 0 Å². The third-order valence-electron chi connectivity index (χ3n) is 3.23. The van der Waals surface area contributed by atoms with Crippen LogP contribution in [0, 0.1) is 11.3 Å². The van der Waals surface area contributed by atoms with E-state index in [1.54, 1.807) is 13.1 Å². The fourth-order valence-corrected chi connectivity index (χ4v) is 2.10. The molecule has 0 N–H and O–H groups in total. The summed E-state index contributed by atoms with van der Waals surface area (Å²) in [5, 5.41) is 8.81. The van der Waals surface area contributed by atoms with Crippen LogP contribution in [-0.4, -0.2) is 17.3 Å². The molecule has 2 rings (SSSR count). The van der Waals surface area contributed by atoms with E-state index in [-0.39, 0.29) is 5.78 Å². The van der Waals surface area contributed by atoms with Gasteiger partial charge in [-0.25, -0.2) is 0 Å². The molecule has 0 spiro atoms. The number of carbonyl (C=O) groups excluding carboxylic acids is 1. The van der Waals surface area contributed by atoms with E-state index < -0.39 is 0 Å². The summed E-state index contributed by atoms with van der Waals surface area (Å²) in [6.07, 6.45) is 4.02. The minimum atomic E-state index is 0.0531. The highest BCUT2D eigenvalue weighted by atomic mass is 16.1. The van der Waals surface area contributed by atoms with Crippen molar-refractivity contribution in [3.8, 4) is 6.07 Å². The van der Waals surface area contributed by atoms with Crippen molar-refractivity contribution < 1.29 is 4.79 Å². The number of pyridine rings is 1. The van der Waals surface area contributed by atoms with Gasteiger partial charge in [-0.2, -0.15) is 5.26 Å². The minimum Gasteiger partial charge on any atom is -0.366 e. The fourth-order valence-electron chi connectivity index (χ4n) is 2.10. The van der Waals surface area contributed by atoms with Gasteiger partial charge in [-0.15, -0.1) is 0 Å². The first kappa shape index (κ1) is 14.7. The summed E-state index contributed by atoms with van der Waals surface area (Å²) in [7, 11) is 0. The number of hydrogen-bond donors (Lipinski definition) is 0. The molecule has 0 amide bonds. The van der Waals surface area contributed by atoms with Gasteiger partial charge in [0.15, 0.2) is 5.78 Å². The molecule has 0 fully saturated rings. The Bertz CT molecular complexity index is 629. The van der Waals surface area contributed by atoms with E-state index in [0.717, 1.165) is 11.3 Å². The largest absolute Gasteiger partial charge is 0.366 e. The van der Waals surface area contributed by atoms with Crippen molar-refractivity contribution in [1.82, 2.24) is 4.98 Å². The van der Waals surface area contributed by atoms with Gasteiger partial charge in [0.05, 0.1) is 12.5 Å². The molecule has 21 heavy (non-hydrogen) atoms. The molecule has 4 heteroatoms. The Labute approximate surface area is 124 Å². The van der Waals surface area contributed by atoms with Crippen LogP contribution in [0.4, 0.5) is 5.69 Å². The van der Waals surface area contributed by atoms with Crippen molar-refractivity contribution >= 4 is 11.5 Å². The second-order valence-corrected chi connectivity index (χ2v) is 4.79. The molecule has 1 aromatic heterocycles. The summed E-state index contributed by atoms with van der Waals surface area (Å²) in [5.41, 5.74) is 2.78. The topological polar surface area (TPSA) is 57.0 Å². The second-order valence-electron chi connectivity index (χ2n) is 4.79. The molecule has 0 saturated heterocycles. The molecule has 0 bridgehead atoms. The van der Waals surface area contributed by atoms with Gasteiger partial charge >= 0.3 is 0 Å². The number of nitrogens with zero attached hydrogens (tertiary/aromatic N) is 3. The SMILES string of the molecule is CC(=O)c1ccc(N(CCC#N)Cc2cccnc2)cc1. The first-order chi connectivity index (χ1) is 10.2. The van der Waals surface area contributed by atoms with Crippen LogP contribution in [0.15, 0.2) is 48.8 Å². The van der Waals surface area contributed by atoms with Gasteiger partial charge in [0.25, 0.3) is 0 Å². The van der Waals surface area contributed by atoms with Crippen molar-refractivity contribution in [2.45, 2.75) is 19.9 Å². The first-order valence-electron chi connectivity index (χ1n) is 6.82. The van der Waals surface area contributed by atoms with Crippen LogP contribution >= 0.6 is 0 Å². The van der Waals surface area contributed by atoms with Crippen LogP contribution < -0.4 is 4.90 Å². The molecule has 0 unspecified atom stereocenters. The molecular formula is C17H17N3O. The lowest BCUT2D eigenvalue weighted by Gasteiger charge is -2.24. The summed E-state index contributed by atoms with van der Waals surface area (Å²) in [6.45, 7) is 2.89. The van der Waals surface area contributed by atoms with E-state index >= 15 is 0 Å². The Morgan fingerprint density at radius 3 is 2.62 bits per heavy atom. The average Bonchev–Trinajstić information content (AvgIpc) is 2.52. The van der Waals surface area contributed by atoms with E-state index in [4.69, 9.17) is 5.26 Å². The Morgan fingerprint density at radius 2 is 2.05 bits per heavy atom. The normalized spacial score (nSPS) is 9.90. The number of anilines is 1. The van der Waals surface area contributed by atoms with E-state index in [1.165, 1.54) is 0 Å². The highest BCUT2D eigenvalue weighted by Gasteiger charge is 2.08. The quantitative estimate of drug-likeness (QED) is 0.762. The number of Topliss-reactive ketones (excluding diaryl/α,β-unsaturated/α-hetero) is 1. The van der Waals surface area contributed by atoms with Gasteiger partial charge in [-0.05, 0) is 42.8 Å². The standard InChI is InChI=1S/C17H17N3O/c1-14(21)16-5-7-17(8-6-16)20(11-3-9-18)13-15-4-2-10-19-12-15/h2,4-8,10,12H,3,11,13H2,1H3. The number of aromatic nitrogens is 1. The Balaban J connectivity index is 2.19. The summed E-state index contributed by atoms with van der Waals surface area (Å²) in [5.74, 6) is 0.0531. The number of carbonyl (C=O) groups is 1. The molecule has 2 aromatic rings. The van der Waals surface area contributed by atoms with Gasteiger partial charge in [0, 0.05) is 36.7 Å². The van der Waals surface area contributed by atoms with Crippen molar-refractivity contribution in [2.24, 2.45) is 0 Å². The molecule has 106 valence electrons. The van der Waals surface area contributed by atoms with Gasteiger partial charge < -0.3 is 4.90 Å². The summed E-state index contributed by atoms with van der Waals surface area (Å²) < 4.78 is 0. The lowest BCUT2D eigenvalue weighted by molar-refractivity contribution is 0.101. The van der Waals surface area contributed by atoms with E-state index in [0.29, 0.717) is 25.1 Å². The molecular weight excluding hydrogens is 262 g/mol. The first-order valence-corrected chi connectivity index (χ1v) is 6.82. The van der Waals surface area contributed by atoms with Crippen molar-refractivity contribution in [3.63, 3.8) is 0 Å². The summed E-state index contributed by atoms with van der Waals surface area (Å²) in [6, 6.07) is 13.6. The third-order valence-corrected chi connectivity index (χ3v) is 3.23. The zero-order valence-electron chi connectivity index (χ0n) is 12.0. The molecule has 1 heterocycles. The van der Waals surface area contributed by atoms with Crippen LogP contribution in [0.25, 0.3) is 0 Å². The molecule has 0 aliphatic carbocycles. The van der Waals surface area contributed by atoms with Gasteiger partial charge in [-0.3, -0.25) is 9.78 Å². The third kappa shape index (κ3) is 4.15. The van der Waals surface area contributed by atoms with Crippen molar-refractivity contribution in [2.75, 3.05) is 11.4 Å². The lowest BCUT2D eigenvalue weighted by Crippen LogP contribution is -2.23. The maximum atomic E-state index is 11.3. The Morgan fingerprint density at radius 1 is 1.29 bits per heavy atom. The molecule has 0 saturated carbocycles. The fraction of sp³-hybridized carbons (Fsp3) is 0.235. The van der Waals surface area contributed by atoms with E-state index in [2.05, 4.69) is 16.0 Å². The minimum absolute atomic E-state index is 0.0531. The monoisotopic (exact) mass is 279 g/mol. The van der Waals surface area contributed by atoms with E-state index in [9.17, 15) is 4.79 Å². The highest BCUT2D eigenvalue weighted by Crippen LogP contribution is 2.18. The molecule has 0 aliphatic heterocycles. The second kappa shape index (κ2) is 7.20. The van der Waals surface area contributed by atoms with Crippen LogP contribution in [0.2, 0.25) is 0 Å². The number of rotatable bonds is 6. The van der Waals surface area contributed by atoms with Crippen LogP contribution in [0.1, 0.15) is 29.3 Å². The molecule has 0 radical (unpaired) electrons. The average molecular weight is 279 g/mol. The molecule has 0 atom stereocenters. The number of nitriles is 1. The van der Waals surface area contributed by atoms with E-state index in [1.807, 2.05) is 42.6 Å². The lowest BCUT2D eigenvalue weighted by atomic mass is 10.1. The predicted octanol–water partition coefficient (Wildman–Crippen LogP) is 3.20. The molecule has 0 aliphatic rings. The Hall–Kier alpha value is -2.67. The number of ketones is 1. The summed E-state index contributed by atoms with van der Waals surface area (Å²) in [4.78, 5) is 17.6. The van der Waals surface area contributed by atoms with Crippen molar-refractivity contribution in [1.29, 1.82) is 5.26 Å². The molecule has 1 aromatic carbocycles. The molecule has 4 nitrogen and oxygen atoms in total. The number of hydrogen-bond acceptors (Lipinski definition) is 4. The number of benzene rings is 1. The highest BCUT2D eigenvalue weighted by molar-refractivity contribution is 5.94. The predicted molar refractivity (Wildman–Crippen MR) is 82.0 cm³/mol. The van der Waals surface area contributed by atoms with Crippen LogP contribution in [-0.2, 0) is 6.54 Å². The van der Waals surface area contributed by atoms with Gasteiger partial charge in [-0.1, -0.05) is 6.07 Å². The maximum absolute atomic E-state index is 11.3. The maximum Gasteiger partial charge on any atom is 0.159 e. The summed E-state index contributed by atoms with van der Waals surface area (Å²) >= 11 is 0.